The minimum Gasteiger partial charge on any atom is -0.337 e. The zero-order chi connectivity index (χ0) is 19.3. The van der Waals surface area contributed by atoms with Gasteiger partial charge in [-0.3, -0.25) is 9.78 Å². The van der Waals surface area contributed by atoms with Crippen molar-refractivity contribution in [3.8, 4) is 16.9 Å². The van der Waals surface area contributed by atoms with Crippen LogP contribution in [0.15, 0.2) is 91.4 Å². The van der Waals surface area contributed by atoms with Crippen molar-refractivity contribution in [3.05, 3.63) is 103 Å². The molecule has 2 aromatic carbocycles. The summed E-state index contributed by atoms with van der Waals surface area (Å²) in [6, 6.07) is 23.5. The van der Waals surface area contributed by atoms with Gasteiger partial charge < -0.3 is 4.90 Å². The molecule has 0 aliphatic rings. The number of amides is 1. The molecule has 0 aliphatic carbocycles. The van der Waals surface area contributed by atoms with Crippen LogP contribution < -0.4 is 0 Å². The fourth-order valence-electron chi connectivity index (χ4n) is 3.12. The Hall–Kier alpha value is -3.73. The summed E-state index contributed by atoms with van der Waals surface area (Å²) in [5.74, 6) is -0.0473. The summed E-state index contributed by atoms with van der Waals surface area (Å²) in [4.78, 5) is 18.4. The van der Waals surface area contributed by atoms with E-state index in [1.807, 2.05) is 71.5 Å². The lowest BCUT2D eigenvalue weighted by Gasteiger charge is -2.17. The molecule has 1 amide bonds. The molecule has 0 bridgehead atoms. The van der Waals surface area contributed by atoms with Gasteiger partial charge in [-0.15, -0.1) is 0 Å². The second-order valence-electron chi connectivity index (χ2n) is 6.55. The standard InChI is InChI=1S/C23H20N4O/c1-26(23(28)19-12-14-24-15-13-19)16-20-17-27(21-10-6-3-7-11-21)25-22(20)18-8-4-2-5-9-18/h2-15,17H,16H2,1H3. The smallest absolute Gasteiger partial charge is 0.254 e. The van der Waals surface area contributed by atoms with Crippen LogP contribution in [-0.4, -0.2) is 32.6 Å². The van der Waals surface area contributed by atoms with E-state index in [0.717, 1.165) is 22.5 Å². The highest BCUT2D eigenvalue weighted by atomic mass is 16.2. The van der Waals surface area contributed by atoms with Gasteiger partial charge in [0.05, 0.1) is 11.4 Å². The zero-order valence-corrected chi connectivity index (χ0v) is 15.6. The van der Waals surface area contributed by atoms with Gasteiger partial charge in [0.2, 0.25) is 0 Å². The summed E-state index contributed by atoms with van der Waals surface area (Å²) in [7, 11) is 1.80. The van der Waals surface area contributed by atoms with Crippen LogP contribution in [-0.2, 0) is 6.54 Å². The second kappa shape index (κ2) is 7.88. The average Bonchev–Trinajstić information content (AvgIpc) is 3.19. The van der Waals surface area contributed by atoms with Crippen molar-refractivity contribution < 1.29 is 4.79 Å². The van der Waals surface area contributed by atoms with Crippen LogP contribution in [0, 0.1) is 0 Å². The molecule has 0 atom stereocenters. The van der Waals surface area contributed by atoms with E-state index in [9.17, 15) is 4.79 Å². The Morgan fingerprint density at radius 1 is 0.929 bits per heavy atom. The average molecular weight is 368 g/mol. The van der Waals surface area contributed by atoms with Crippen molar-refractivity contribution in [2.75, 3.05) is 7.05 Å². The SMILES string of the molecule is CN(Cc1cn(-c2ccccc2)nc1-c1ccccc1)C(=O)c1ccncc1. The maximum Gasteiger partial charge on any atom is 0.254 e. The van der Waals surface area contributed by atoms with Gasteiger partial charge in [0.25, 0.3) is 5.91 Å². The summed E-state index contributed by atoms with van der Waals surface area (Å²) >= 11 is 0. The Kier molecular flexibility index (Phi) is 4.97. The van der Waals surface area contributed by atoms with Gasteiger partial charge in [-0.25, -0.2) is 4.68 Å². The molecule has 0 aliphatic heterocycles. The molecule has 0 N–H and O–H groups in total. The Balaban J connectivity index is 1.69. The molecule has 2 aromatic heterocycles. The second-order valence-corrected chi connectivity index (χ2v) is 6.55. The fourth-order valence-corrected chi connectivity index (χ4v) is 3.12. The summed E-state index contributed by atoms with van der Waals surface area (Å²) in [5, 5.41) is 4.80. The first kappa shape index (κ1) is 17.7. The lowest BCUT2D eigenvalue weighted by Crippen LogP contribution is -2.26. The molecule has 4 rings (SSSR count). The Morgan fingerprint density at radius 2 is 1.57 bits per heavy atom. The quantitative estimate of drug-likeness (QED) is 0.530. The molecule has 28 heavy (non-hydrogen) atoms. The number of para-hydroxylation sites is 1. The number of benzene rings is 2. The van der Waals surface area contributed by atoms with Crippen LogP contribution in [0.3, 0.4) is 0 Å². The first-order valence-electron chi connectivity index (χ1n) is 9.07. The molecule has 4 aromatic rings. The monoisotopic (exact) mass is 368 g/mol. The van der Waals surface area contributed by atoms with Gasteiger partial charge in [0.15, 0.2) is 0 Å². The van der Waals surface area contributed by atoms with Crippen molar-refractivity contribution in [2.45, 2.75) is 6.54 Å². The maximum absolute atomic E-state index is 12.7. The number of carbonyl (C=O) groups excluding carboxylic acids is 1. The number of pyridine rings is 1. The number of aromatic nitrogens is 3. The summed E-state index contributed by atoms with van der Waals surface area (Å²) < 4.78 is 1.86. The lowest BCUT2D eigenvalue weighted by molar-refractivity contribution is 0.0785. The molecule has 0 saturated heterocycles. The van der Waals surface area contributed by atoms with E-state index >= 15 is 0 Å². The molecule has 5 nitrogen and oxygen atoms in total. The van der Waals surface area contributed by atoms with E-state index in [1.54, 1.807) is 36.5 Å². The molecule has 0 saturated carbocycles. The van der Waals surface area contributed by atoms with E-state index < -0.39 is 0 Å². The third-order valence-electron chi connectivity index (χ3n) is 4.54. The van der Waals surface area contributed by atoms with Crippen LogP contribution in [0.5, 0.6) is 0 Å². The topological polar surface area (TPSA) is 51.0 Å². The molecular formula is C23H20N4O. The summed E-state index contributed by atoms with van der Waals surface area (Å²) in [6.45, 7) is 0.457. The van der Waals surface area contributed by atoms with E-state index in [-0.39, 0.29) is 5.91 Å². The Morgan fingerprint density at radius 3 is 2.25 bits per heavy atom. The molecule has 0 radical (unpaired) electrons. The Labute approximate surface area is 163 Å². The van der Waals surface area contributed by atoms with Crippen molar-refractivity contribution in [1.82, 2.24) is 19.7 Å². The Bertz CT molecular complexity index is 1060. The van der Waals surface area contributed by atoms with Gasteiger partial charge in [-0.1, -0.05) is 48.5 Å². The predicted molar refractivity (Wildman–Crippen MR) is 109 cm³/mol. The molecule has 0 spiro atoms. The fraction of sp³-hybridized carbons (Fsp3) is 0.0870. The van der Waals surface area contributed by atoms with Crippen molar-refractivity contribution in [2.24, 2.45) is 0 Å². The molecule has 0 fully saturated rings. The molecule has 0 unspecified atom stereocenters. The number of rotatable bonds is 5. The van der Waals surface area contributed by atoms with Crippen molar-refractivity contribution in [1.29, 1.82) is 0 Å². The number of hydrogen-bond acceptors (Lipinski definition) is 3. The number of nitrogens with zero attached hydrogens (tertiary/aromatic N) is 4. The van der Waals surface area contributed by atoms with Crippen LogP contribution >= 0.6 is 0 Å². The highest BCUT2D eigenvalue weighted by Gasteiger charge is 2.17. The normalized spacial score (nSPS) is 10.6. The van der Waals surface area contributed by atoms with E-state index in [0.29, 0.717) is 12.1 Å². The van der Waals surface area contributed by atoms with Gasteiger partial charge in [-0.05, 0) is 24.3 Å². The lowest BCUT2D eigenvalue weighted by atomic mass is 10.1. The van der Waals surface area contributed by atoms with Crippen LogP contribution in [0.25, 0.3) is 16.9 Å². The van der Waals surface area contributed by atoms with Crippen molar-refractivity contribution >= 4 is 5.91 Å². The summed E-state index contributed by atoms with van der Waals surface area (Å²) in [6.07, 6.45) is 5.25. The molecular weight excluding hydrogens is 348 g/mol. The van der Waals surface area contributed by atoms with Gasteiger partial charge >= 0.3 is 0 Å². The number of carbonyl (C=O) groups is 1. The molecule has 2 heterocycles. The third-order valence-corrected chi connectivity index (χ3v) is 4.54. The van der Waals surface area contributed by atoms with E-state index in [4.69, 9.17) is 5.10 Å². The predicted octanol–water partition coefficient (Wildman–Crippen LogP) is 4.21. The van der Waals surface area contributed by atoms with Crippen LogP contribution in [0.4, 0.5) is 0 Å². The van der Waals surface area contributed by atoms with Crippen LogP contribution in [0.1, 0.15) is 15.9 Å². The first-order valence-corrected chi connectivity index (χ1v) is 9.07. The van der Waals surface area contributed by atoms with E-state index in [2.05, 4.69) is 4.98 Å². The zero-order valence-electron chi connectivity index (χ0n) is 15.6. The minimum absolute atomic E-state index is 0.0473. The van der Waals surface area contributed by atoms with Crippen LogP contribution in [0.2, 0.25) is 0 Å². The molecule has 138 valence electrons. The highest BCUT2D eigenvalue weighted by molar-refractivity contribution is 5.93. The third kappa shape index (κ3) is 3.69. The largest absolute Gasteiger partial charge is 0.337 e. The maximum atomic E-state index is 12.7. The van der Waals surface area contributed by atoms with Gasteiger partial charge in [-0.2, -0.15) is 5.10 Å². The first-order chi connectivity index (χ1) is 13.7. The van der Waals surface area contributed by atoms with Gasteiger partial charge in [0.1, 0.15) is 0 Å². The highest BCUT2D eigenvalue weighted by Crippen LogP contribution is 2.25. The van der Waals surface area contributed by atoms with Gasteiger partial charge in [0, 0.05) is 48.9 Å². The minimum atomic E-state index is -0.0473. The molecule has 5 heteroatoms. The van der Waals surface area contributed by atoms with Crippen molar-refractivity contribution in [3.63, 3.8) is 0 Å². The van der Waals surface area contributed by atoms with E-state index in [1.165, 1.54) is 0 Å². The number of hydrogen-bond donors (Lipinski definition) is 0. The summed E-state index contributed by atoms with van der Waals surface area (Å²) in [5.41, 5.74) is 4.49.